The molecule has 0 spiro atoms. The third-order valence-electron chi connectivity index (χ3n) is 4.02. The predicted molar refractivity (Wildman–Crippen MR) is 101 cm³/mol. The lowest BCUT2D eigenvalue weighted by Crippen LogP contribution is -2.26. The van der Waals surface area contributed by atoms with Gasteiger partial charge in [-0.2, -0.15) is 0 Å². The summed E-state index contributed by atoms with van der Waals surface area (Å²) in [5.74, 6) is 0.894. The molecule has 0 unspecified atom stereocenters. The topological polar surface area (TPSA) is 89.2 Å². The van der Waals surface area contributed by atoms with Crippen LogP contribution in [-0.2, 0) is 23.0 Å². The molecule has 0 saturated heterocycles. The Morgan fingerprint density at radius 2 is 1.62 bits per heavy atom. The number of primary sulfonamides is 1. The molecule has 3 rings (SSSR count). The maximum atomic E-state index is 11.4. The monoisotopic (exact) mass is 368 g/mol. The van der Waals surface area contributed by atoms with E-state index >= 15 is 0 Å². The van der Waals surface area contributed by atoms with Crippen LogP contribution in [0.1, 0.15) is 11.1 Å². The number of hydrogen-bond acceptors (Lipinski definition) is 5. The van der Waals surface area contributed by atoms with Gasteiger partial charge in [0.05, 0.1) is 4.90 Å². The van der Waals surface area contributed by atoms with Crippen LogP contribution in [0, 0.1) is 0 Å². The molecule has 134 valence electrons. The molecule has 7 heteroatoms. The van der Waals surface area contributed by atoms with Gasteiger partial charge in [0.1, 0.15) is 5.82 Å². The molecular weight excluding hydrogens is 348 g/mol. The summed E-state index contributed by atoms with van der Waals surface area (Å²) < 4.78 is 22.7. The predicted octanol–water partition coefficient (Wildman–Crippen LogP) is 2.37. The van der Waals surface area contributed by atoms with E-state index in [1.165, 1.54) is 0 Å². The largest absolute Gasteiger partial charge is 0.352 e. The standard InChI is InChI=1S/C19H20N4O2S/c20-26(24,25)18-6-4-16(5-7-18)10-14-23(19-3-1-2-11-22-19)15-17-8-12-21-13-9-17/h1-9,11-13H,10,14-15H2,(H2,20,24,25). The van der Waals surface area contributed by atoms with Crippen LogP contribution in [0.2, 0.25) is 0 Å². The Morgan fingerprint density at radius 1 is 0.885 bits per heavy atom. The lowest BCUT2D eigenvalue weighted by atomic mass is 10.1. The first-order valence-corrected chi connectivity index (χ1v) is 9.73. The molecule has 0 aliphatic carbocycles. The lowest BCUT2D eigenvalue weighted by Gasteiger charge is -2.24. The fourth-order valence-electron chi connectivity index (χ4n) is 2.63. The summed E-state index contributed by atoms with van der Waals surface area (Å²) in [5.41, 5.74) is 2.18. The van der Waals surface area contributed by atoms with E-state index < -0.39 is 10.0 Å². The second-order valence-corrected chi connectivity index (χ2v) is 7.47. The van der Waals surface area contributed by atoms with Crippen LogP contribution in [0.25, 0.3) is 0 Å². The fourth-order valence-corrected chi connectivity index (χ4v) is 3.15. The Kier molecular flexibility index (Phi) is 5.60. The molecule has 1 aromatic carbocycles. The van der Waals surface area contributed by atoms with E-state index in [1.807, 2.05) is 30.3 Å². The highest BCUT2D eigenvalue weighted by Gasteiger charge is 2.10. The Balaban J connectivity index is 1.73. The second-order valence-electron chi connectivity index (χ2n) is 5.90. The average molecular weight is 368 g/mol. The second kappa shape index (κ2) is 8.07. The first kappa shape index (κ1) is 18.0. The molecule has 0 radical (unpaired) electrons. The van der Waals surface area contributed by atoms with E-state index in [2.05, 4.69) is 14.9 Å². The van der Waals surface area contributed by atoms with Gasteiger partial charge in [-0.25, -0.2) is 18.5 Å². The molecule has 0 aliphatic heterocycles. The van der Waals surface area contributed by atoms with E-state index in [-0.39, 0.29) is 4.90 Å². The number of nitrogens with two attached hydrogens (primary N) is 1. The number of pyridine rings is 2. The van der Waals surface area contributed by atoms with Crippen molar-refractivity contribution >= 4 is 15.8 Å². The number of aromatic nitrogens is 2. The quantitative estimate of drug-likeness (QED) is 0.691. The zero-order chi connectivity index (χ0) is 18.4. The summed E-state index contributed by atoms with van der Waals surface area (Å²) in [6, 6.07) is 16.5. The maximum Gasteiger partial charge on any atom is 0.238 e. The minimum absolute atomic E-state index is 0.125. The van der Waals surface area contributed by atoms with Gasteiger partial charge in [0, 0.05) is 31.7 Å². The highest BCUT2D eigenvalue weighted by molar-refractivity contribution is 7.89. The van der Waals surface area contributed by atoms with Gasteiger partial charge in [-0.05, 0) is 53.9 Å². The Morgan fingerprint density at radius 3 is 2.23 bits per heavy atom. The SMILES string of the molecule is NS(=O)(=O)c1ccc(CCN(Cc2ccncc2)c2ccccn2)cc1. The summed E-state index contributed by atoms with van der Waals surface area (Å²) in [5, 5.41) is 5.14. The normalized spacial score (nSPS) is 11.3. The summed E-state index contributed by atoms with van der Waals surface area (Å²) >= 11 is 0. The molecule has 2 N–H and O–H groups in total. The molecule has 0 aliphatic rings. The third kappa shape index (κ3) is 4.87. The van der Waals surface area contributed by atoms with Gasteiger partial charge in [0.25, 0.3) is 0 Å². The van der Waals surface area contributed by atoms with Gasteiger partial charge in [-0.3, -0.25) is 4.98 Å². The van der Waals surface area contributed by atoms with Gasteiger partial charge in [-0.1, -0.05) is 18.2 Å². The summed E-state index contributed by atoms with van der Waals surface area (Å²) in [7, 11) is -3.66. The minimum Gasteiger partial charge on any atom is -0.352 e. The molecule has 0 amide bonds. The molecule has 3 aromatic rings. The molecule has 2 aromatic heterocycles. The van der Waals surface area contributed by atoms with Crippen LogP contribution in [-0.4, -0.2) is 24.9 Å². The molecule has 0 atom stereocenters. The third-order valence-corrected chi connectivity index (χ3v) is 4.95. The zero-order valence-electron chi connectivity index (χ0n) is 14.2. The molecule has 0 bridgehead atoms. The van der Waals surface area contributed by atoms with Crippen LogP contribution in [0.15, 0.2) is 78.1 Å². The van der Waals surface area contributed by atoms with Crippen molar-refractivity contribution in [3.8, 4) is 0 Å². The van der Waals surface area contributed by atoms with E-state index in [9.17, 15) is 8.42 Å². The maximum absolute atomic E-state index is 11.4. The number of anilines is 1. The smallest absolute Gasteiger partial charge is 0.238 e. The van der Waals surface area contributed by atoms with Gasteiger partial charge in [0.2, 0.25) is 10.0 Å². The van der Waals surface area contributed by atoms with E-state index in [0.717, 1.165) is 36.5 Å². The number of nitrogens with zero attached hydrogens (tertiary/aromatic N) is 3. The van der Waals surface area contributed by atoms with Crippen molar-refractivity contribution in [2.45, 2.75) is 17.9 Å². The first-order valence-electron chi connectivity index (χ1n) is 8.19. The molecule has 0 saturated carbocycles. The number of rotatable bonds is 7. The van der Waals surface area contributed by atoms with Crippen molar-refractivity contribution in [1.82, 2.24) is 9.97 Å². The molecule has 0 fully saturated rings. The molecular formula is C19H20N4O2S. The molecule has 26 heavy (non-hydrogen) atoms. The Bertz CT molecular complexity index is 930. The number of hydrogen-bond donors (Lipinski definition) is 1. The summed E-state index contributed by atoms with van der Waals surface area (Å²) in [6.45, 7) is 1.46. The number of benzene rings is 1. The van der Waals surface area contributed by atoms with Crippen molar-refractivity contribution in [1.29, 1.82) is 0 Å². The van der Waals surface area contributed by atoms with Crippen molar-refractivity contribution < 1.29 is 8.42 Å². The van der Waals surface area contributed by atoms with Crippen LogP contribution in [0.4, 0.5) is 5.82 Å². The first-order chi connectivity index (χ1) is 12.5. The Labute approximate surface area is 153 Å². The van der Waals surface area contributed by atoms with Crippen molar-refractivity contribution in [2.24, 2.45) is 5.14 Å². The number of sulfonamides is 1. The zero-order valence-corrected chi connectivity index (χ0v) is 15.0. The van der Waals surface area contributed by atoms with Gasteiger partial charge in [0.15, 0.2) is 0 Å². The van der Waals surface area contributed by atoms with Gasteiger partial charge in [-0.15, -0.1) is 0 Å². The fraction of sp³-hybridized carbons (Fsp3) is 0.158. The summed E-state index contributed by atoms with van der Waals surface area (Å²) in [6.07, 6.45) is 6.08. The lowest BCUT2D eigenvalue weighted by molar-refractivity contribution is 0.597. The van der Waals surface area contributed by atoms with Crippen LogP contribution >= 0.6 is 0 Å². The summed E-state index contributed by atoms with van der Waals surface area (Å²) in [4.78, 5) is 10.8. The molecule has 2 heterocycles. The van der Waals surface area contributed by atoms with Crippen molar-refractivity contribution in [3.05, 3.63) is 84.3 Å². The minimum atomic E-state index is -3.66. The van der Waals surface area contributed by atoms with E-state index in [1.54, 1.807) is 42.9 Å². The van der Waals surface area contributed by atoms with E-state index in [0.29, 0.717) is 0 Å². The van der Waals surface area contributed by atoms with Crippen molar-refractivity contribution in [2.75, 3.05) is 11.4 Å². The van der Waals surface area contributed by atoms with Crippen molar-refractivity contribution in [3.63, 3.8) is 0 Å². The highest BCUT2D eigenvalue weighted by Crippen LogP contribution is 2.16. The average Bonchev–Trinajstić information content (AvgIpc) is 2.66. The van der Waals surface area contributed by atoms with Gasteiger partial charge >= 0.3 is 0 Å². The van der Waals surface area contributed by atoms with Gasteiger partial charge < -0.3 is 4.90 Å². The molecule has 6 nitrogen and oxygen atoms in total. The Hall–Kier alpha value is -2.77. The van der Waals surface area contributed by atoms with Crippen LogP contribution in [0.3, 0.4) is 0 Å². The highest BCUT2D eigenvalue weighted by atomic mass is 32.2. The van der Waals surface area contributed by atoms with E-state index in [4.69, 9.17) is 5.14 Å². The van der Waals surface area contributed by atoms with Crippen LogP contribution < -0.4 is 10.0 Å². The van der Waals surface area contributed by atoms with Crippen LogP contribution in [0.5, 0.6) is 0 Å².